The second-order valence-corrected chi connectivity index (χ2v) is 10.6. The molecule has 15 heteroatoms. The molecule has 2 aromatic rings. The number of benzene rings is 2. The highest BCUT2D eigenvalue weighted by Gasteiger charge is 2.27. The minimum atomic E-state index is -4.58. The Kier molecular flexibility index (Phi) is 11.5. The molecule has 0 aliphatic carbocycles. The van der Waals surface area contributed by atoms with Crippen LogP contribution in [0.3, 0.4) is 0 Å². The molecular weight excluding hydrogens is 592 g/mol. The van der Waals surface area contributed by atoms with E-state index in [0.29, 0.717) is 12.1 Å². The third kappa shape index (κ3) is 8.84. The average molecular weight is 619 g/mol. The van der Waals surface area contributed by atoms with Crippen LogP contribution in [0, 0.1) is 0 Å². The van der Waals surface area contributed by atoms with Crippen molar-refractivity contribution in [3.05, 3.63) is 83.0 Å². The summed E-state index contributed by atoms with van der Waals surface area (Å²) in [4.78, 5) is 70.1. The number of ether oxygens (including phenoxy) is 4. The van der Waals surface area contributed by atoms with Crippen molar-refractivity contribution in [2.75, 3.05) is 26.4 Å². The minimum Gasteiger partial charge on any atom is -0.478 e. The van der Waals surface area contributed by atoms with Gasteiger partial charge in [-0.25, -0.2) is 37.2 Å². The largest absolute Gasteiger partial charge is 0.478 e. The van der Waals surface area contributed by atoms with Crippen molar-refractivity contribution in [3.63, 3.8) is 0 Å². The number of hydrogen-bond acceptors (Lipinski definition) is 12. The fraction of sp³-hybridized carbons (Fsp3) is 0.214. The van der Waals surface area contributed by atoms with Crippen LogP contribution in [-0.4, -0.2) is 80.9 Å². The standard InChI is InChI=1S/C28H26O14S/c1-15(2)25(33)39-9-11-41-27(35)19-7-5-17(13-21(19)23(29)30)43(37,38)18-6-8-20(22(14-18)24(31)32)28(36)42-12-10-40-26(34)16(3)4/h5-8,13-14H,1,3,9-12H2,2,4H3,(H,29,30)(H,31,32). The Hall–Kier alpha value is -5.31. The van der Waals surface area contributed by atoms with Crippen LogP contribution < -0.4 is 0 Å². The first-order chi connectivity index (χ1) is 20.1. The van der Waals surface area contributed by atoms with E-state index in [-0.39, 0.29) is 24.4 Å². The molecule has 0 unspecified atom stereocenters. The van der Waals surface area contributed by atoms with E-state index in [1.807, 2.05) is 0 Å². The van der Waals surface area contributed by atoms with Gasteiger partial charge in [0.25, 0.3) is 0 Å². The molecule has 0 saturated heterocycles. The highest BCUT2D eigenvalue weighted by molar-refractivity contribution is 7.91. The van der Waals surface area contributed by atoms with Crippen LogP contribution in [-0.2, 0) is 38.4 Å². The summed E-state index contributed by atoms with van der Waals surface area (Å²) in [5.41, 5.74) is -2.26. The zero-order valence-corrected chi connectivity index (χ0v) is 23.7. The lowest BCUT2D eigenvalue weighted by Crippen LogP contribution is -2.18. The van der Waals surface area contributed by atoms with Crippen LogP contribution in [0.25, 0.3) is 0 Å². The van der Waals surface area contributed by atoms with E-state index in [2.05, 4.69) is 13.2 Å². The summed E-state index contributed by atoms with van der Waals surface area (Å²) >= 11 is 0. The Balaban J connectivity index is 2.29. The molecule has 0 atom stereocenters. The van der Waals surface area contributed by atoms with Gasteiger partial charge >= 0.3 is 35.8 Å². The second kappa shape index (κ2) is 14.5. The van der Waals surface area contributed by atoms with Gasteiger partial charge in [0.15, 0.2) is 0 Å². The van der Waals surface area contributed by atoms with Crippen molar-refractivity contribution in [2.45, 2.75) is 23.6 Å². The number of carboxylic acids is 2. The van der Waals surface area contributed by atoms with E-state index in [9.17, 15) is 47.4 Å². The van der Waals surface area contributed by atoms with Gasteiger partial charge in [-0.2, -0.15) is 0 Å². The Labute approximate surface area is 245 Å². The Morgan fingerprint density at radius 1 is 0.605 bits per heavy atom. The highest BCUT2D eigenvalue weighted by Crippen LogP contribution is 2.26. The smallest absolute Gasteiger partial charge is 0.339 e. The summed E-state index contributed by atoms with van der Waals surface area (Å²) in [5, 5.41) is 19.2. The summed E-state index contributed by atoms with van der Waals surface area (Å²) in [6.07, 6.45) is 0. The number of carbonyl (C=O) groups is 6. The number of carbonyl (C=O) groups excluding carboxylic acids is 4. The molecule has 0 saturated carbocycles. The highest BCUT2D eigenvalue weighted by atomic mass is 32.2. The summed E-state index contributed by atoms with van der Waals surface area (Å²) < 4.78 is 45.9. The van der Waals surface area contributed by atoms with Crippen molar-refractivity contribution in [1.82, 2.24) is 0 Å². The fourth-order valence-corrected chi connectivity index (χ4v) is 4.48. The lowest BCUT2D eigenvalue weighted by molar-refractivity contribution is -0.140. The maximum Gasteiger partial charge on any atom is 0.339 e. The van der Waals surface area contributed by atoms with Crippen LogP contribution in [0.15, 0.2) is 70.5 Å². The molecule has 0 aliphatic heterocycles. The number of esters is 4. The maximum absolute atomic E-state index is 13.3. The molecule has 0 aliphatic rings. The molecule has 2 N–H and O–H groups in total. The zero-order chi connectivity index (χ0) is 32.5. The molecule has 2 rings (SSSR count). The van der Waals surface area contributed by atoms with Gasteiger partial charge < -0.3 is 29.2 Å². The van der Waals surface area contributed by atoms with E-state index in [4.69, 9.17) is 18.9 Å². The summed E-state index contributed by atoms with van der Waals surface area (Å²) in [5.74, 6) is -7.08. The molecule has 0 aromatic heterocycles. The average Bonchev–Trinajstić information content (AvgIpc) is 2.95. The van der Waals surface area contributed by atoms with Crippen LogP contribution >= 0.6 is 0 Å². The van der Waals surface area contributed by atoms with Gasteiger partial charge in [-0.1, -0.05) is 13.2 Å². The third-order valence-corrected chi connectivity index (χ3v) is 7.05. The number of carboxylic acid groups (broad SMARTS) is 2. The third-order valence-electron chi connectivity index (χ3n) is 5.30. The van der Waals surface area contributed by atoms with Gasteiger partial charge in [0, 0.05) is 11.1 Å². The van der Waals surface area contributed by atoms with Crippen LogP contribution in [0.2, 0.25) is 0 Å². The quantitative estimate of drug-likeness (QED) is 0.135. The molecule has 0 radical (unpaired) electrons. The number of sulfone groups is 1. The van der Waals surface area contributed by atoms with E-state index in [0.717, 1.165) is 24.3 Å². The zero-order valence-electron chi connectivity index (χ0n) is 22.9. The van der Waals surface area contributed by atoms with Gasteiger partial charge in [-0.05, 0) is 50.2 Å². The van der Waals surface area contributed by atoms with Gasteiger partial charge in [-0.15, -0.1) is 0 Å². The maximum atomic E-state index is 13.3. The molecular formula is C28H26O14S. The van der Waals surface area contributed by atoms with E-state index in [1.165, 1.54) is 13.8 Å². The SMILES string of the molecule is C=C(C)C(=O)OCCOC(=O)c1ccc(S(=O)(=O)c2ccc(C(=O)OCCOC(=O)C(=C)C)c(C(=O)O)c2)cc1C(=O)O. The molecule has 0 bridgehead atoms. The number of hydrogen-bond donors (Lipinski definition) is 2. The van der Waals surface area contributed by atoms with Crippen LogP contribution in [0.5, 0.6) is 0 Å². The molecule has 0 amide bonds. The molecule has 0 heterocycles. The molecule has 43 heavy (non-hydrogen) atoms. The van der Waals surface area contributed by atoms with Gasteiger partial charge in [0.05, 0.1) is 32.0 Å². The molecule has 0 spiro atoms. The molecule has 228 valence electrons. The molecule has 2 aromatic carbocycles. The summed E-state index contributed by atoms with van der Waals surface area (Å²) in [7, 11) is -4.58. The summed E-state index contributed by atoms with van der Waals surface area (Å²) in [6.45, 7) is 8.04. The first kappa shape index (κ1) is 33.9. The summed E-state index contributed by atoms with van der Waals surface area (Å²) in [6, 6.07) is 4.98. The first-order valence-electron chi connectivity index (χ1n) is 12.1. The molecule has 14 nitrogen and oxygen atoms in total. The predicted molar refractivity (Wildman–Crippen MR) is 144 cm³/mol. The Morgan fingerprint density at radius 3 is 1.23 bits per heavy atom. The lowest BCUT2D eigenvalue weighted by Gasteiger charge is -2.12. The number of rotatable bonds is 14. The second-order valence-electron chi connectivity index (χ2n) is 8.63. The van der Waals surface area contributed by atoms with Gasteiger partial charge in [-0.3, -0.25) is 0 Å². The fourth-order valence-electron chi connectivity index (χ4n) is 3.17. The van der Waals surface area contributed by atoms with Crippen molar-refractivity contribution in [2.24, 2.45) is 0 Å². The van der Waals surface area contributed by atoms with Crippen molar-refractivity contribution in [1.29, 1.82) is 0 Å². The predicted octanol–water partition coefficient (Wildman–Crippen LogP) is 2.47. The van der Waals surface area contributed by atoms with Crippen LogP contribution in [0.4, 0.5) is 0 Å². The number of aromatic carboxylic acids is 2. The lowest BCUT2D eigenvalue weighted by atomic mass is 10.1. The van der Waals surface area contributed by atoms with Crippen molar-refractivity contribution < 1.29 is 66.3 Å². The van der Waals surface area contributed by atoms with E-state index in [1.54, 1.807) is 0 Å². The van der Waals surface area contributed by atoms with Gasteiger partial charge in [0.2, 0.25) is 9.84 Å². The van der Waals surface area contributed by atoms with E-state index < -0.39 is 90.9 Å². The topological polar surface area (TPSA) is 214 Å². The minimum absolute atomic E-state index is 0.111. The van der Waals surface area contributed by atoms with E-state index >= 15 is 0 Å². The van der Waals surface area contributed by atoms with Gasteiger partial charge in [0.1, 0.15) is 26.4 Å². The van der Waals surface area contributed by atoms with Crippen molar-refractivity contribution in [3.8, 4) is 0 Å². The van der Waals surface area contributed by atoms with Crippen molar-refractivity contribution >= 4 is 45.7 Å². The normalized spacial score (nSPS) is 10.7. The Bertz CT molecular complexity index is 1500. The monoisotopic (exact) mass is 618 g/mol. The first-order valence-corrected chi connectivity index (χ1v) is 13.6. The van der Waals surface area contributed by atoms with Crippen LogP contribution in [0.1, 0.15) is 55.3 Å². The molecule has 0 fully saturated rings. The Morgan fingerprint density at radius 2 is 0.930 bits per heavy atom.